The van der Waals surface area contributed by atoms with Crippen LogP contribution in [0.1, 0.15) is 92.7 Å². The molecule has 4 aromatic rings. The average molecular weight is 606 g/mol. The summed E-state index contributed by atoms with van der Waals surface area (Å²) in [5.74, 6) is 0.603. The molecule has 8 nitrogen and oxygen atoms in total. The Hall–Kier alpha value is -4.20. The maximum Gasteiger partial charge on any atom is 0.245 e. The number of hydrogen-bond donors (Lipinski definition) is 0. The molecule has 2 fully saturated rings. The number of aryl methyl sites for hydroxylation is 3. The largest absolute Gasteiger partial charge is 0.327 e. The third kappa shape index (κ3) is 6.46. The van der Waals surface area contributed by atoms with Crippen molar-refractivity contribution in [2.45, 2.75) is 104 Å². The molecule has 1 aliphatic carbocycles. The molecular formula is C37H43N5O3. The van der Waals surface area contributed by atoms with E-state index in [1.165, 1.54) is 12.5 Å². The maximum atomic E-state index is 13.9. The molecule has 2 aliphatic rings. The molecule has 2 aromatic heterocycles. The van der Waals surface area contributed by atoms with Crippen LogP contribution in [0, 0.1) is 19.3 Å². The minimum absolute atomic E-state index is 0.00458. The van der Waals surface area contributed by atoms with Gasteiger partial charge in [-0.15, -0.1) is 0 Å². The first-order valence-electron chi connectivity index (χ1n) is 16.3. The van der Waals surface area contributed by atoms with Gasteiger partial charge in [-0.1, -0.05) is 56.5 Å². The van der Waals surface area contributed by atoms with Crippen LogP contribution < -0.4 is 0 Å². The fraction of sp³-hybridized carbons (Fsp3) is 0.459. The molecule has 1 saturated heterocycles. The summed E-state index contributed by atoms with van der Waals surface area (Å²) >= 11 is 0. The number of rotatable bonds is 13. The van der Waals surface area contributed by atoms with Crippen LogP contribution in [0.4, 0.5) is 0 Å². The van der Waals surface area contributed by atoms with E-state index >= 15 is 0 Å². The van der Waals surface area contributed by atoms with E-state index in [2.05, 4.69) is 46.3 Å². The normalized spacial score (nSPS) is 20.4. The van der Waals surface area contributed by atoms with E-state index in [1.807, 2.05) is 36.9 Å². The second-order valence-electron chi connectivity index (χ2n) is 13.4. The van der Waals surface area contributed by atoms with Crippen molar-refractivity contribution in [3.05, 3.63) is 77.5 Å². The predicted octanol–water partition coefficient (Wildman–Crippen LogP) is 6.84. The maximum absolute atomic E-state index is 13.9. The molecule has 0 unspecified atom stereocenters. The third-order valence-corrected chi connectivity index (χ3v) is 9.79. The van der Waals surface area contributed by atoms with Crippen LogP contribution in [0.15, 0.2) is 54.9 Å². The van der Waals surface area contributed by atoms with Gasteiger partial charge in [0.05, 0.1) is 11.6 Å². The van der Waals surface area contributed by atoms with Gasteiger partial charge in [-0.25, -0.2) is 9.97 Å². The number of unbranched alkanes of at least 4 members (excludes halogenated alkanes) is 4. The van der Waals surface area contributed by atoms with Crippen molar-refractivity contribution in [3.8, 4) is 11.1 Å². The van der Waals surface area contributed by atoms with Crippen LogP contribution in [-0.4, -0.2) is 54.2 Å². The number of carbonyl (C=O) groups excluding carboxylic acids is 3. The topological polar surface area (TPSA) is 98.1 Å². The summed E-state index contributed by atoms with van der Waals surface area (Å²) in [4.78, 5) is 50.6. The molecule has 6 rings (SSSR count). The van der Waals surface area contributed by atoms with E-state index in [1.54, 1.807) is 17.1 Å². The smallest absolute Gasteiger partial charge is 0.245 e. The van der Waals surface area contributed by atoms with Crippen molar-refractivity contribution < 1.29 is 14.4 Å². The molecule has 3 atom stereocenters. The van der Waals surface area contributed by atoms with Crippen molar-refractivity contribution in [3.63, 3.8) is 0 Å². The second kappa shape index (κ2) is 12.7. The Morgan fingerprint density at radius 3 is 2.36 bits per heavy atom. The van der Waals surface area contributed by atoms with Crippen LogP contribution in [0.5, 0.6) is 0 Å². The lowest BCUT2D eigenvalue weighted by Crippen LogP contribution is -2.44. The number of aromatic nitrogens is 4. The molecule has 2 aromatic carbocycles. The number of amides is 1. The summed E-state index contributed by atoms with van der Waals surface area (Å²) in [5.41, 5.74) is 5.15. The monoisotopic (exact) mass is 605 g/mol. The zero-order valence-corrected chi connectivity index (χ0v) is 26.9. The number of Topliss-reactive ketones (excluding diaryl/α,β-unsaturated/α-hetero) is 2. The first-order valence-corrected chi connectivity index (χ1v) is 16.3. The zero-order chi connectivity index (χ0) is 31.7. The molecule has 8 heteroatoms. The van der Waals surface area contributed by atoms with E-state index in [9.17, 15) is 14.4 Å². The number of likely N-dealkylation sites (tertiary alicyclic amines) is 1. The first-order chi connectivity index (χ1) is 21.6. The highest BCUT2D eigenvalue weighted by Gasteiger charge is 2.64. The van der Waals surface area contributed by atoms with Gasteiger partial charge in [0.2, 0.25) is 5.91 Å². The number of hydrogen-bond acceptors (Lipinski definition) is 6. The molecule has 234 valence electrons. The number of piperidine rings is 1. The number of carbonyl (C=O) groups is 3. The molecule has 3 heterocycles. The van der Waals surface area contributed by atoms with E-state index in [0.717, 1.165) is 73.6 Å². The Morgan fingerprint density at radius 1 is 0.911 bits per heavy atom. The summed E-state index contributed by atoms with van der Waals surface area (Å²) < 4.78 is 1.66. The lowest BCUT2D eigenvalue weighted by Gasteiger charge is -2.27. The molecule has 1 amide bonds. The van der Waals surface area contributed by atoms with Crippen molar-refractivity contribution in [1.29, 1.82) is 0 Å². The Bertz CT molecular complexity index is 1730. The number of fused-ring (bicyclic) bond motifs is 2. The lowest BCUT2D eigenvalue weighted by atomic mass is 9.96. The first kappa shape index (κ1) is 30.8. The van der Waals surface area contributed by atoms with Crippen LogP contribution in [-0.2, 0) is 22.6 Å². The van der Waals surface area contributed by atoms with Crippen LogP contribution in [0.2, 0.25) is 0 Å². The molecule has 0 spiro atoms. The molecule has 0 N–H and O–H groups in total. The molecule has 1 saturated carbocycles. The molecule has 45 heavy (non-hydrogen) atoms. The fourth-order valence-corrected chi connectivity index (χ4v) is 7.20. The molecule has 0 radical (unpaired) electrons. The quantitative estimate of drug-likeness (QED) is 0.122. The number of ketones is 2. The van der Waals surface area contributed by atoms with Crippen molar-refractivity contribution in [1.82, 2.24) is 24.6 Å². The Kier molecular flexibility index (Phi) is 8.67. The van der Waals surface area contributed by atoms with Crippen molar-refractivity contribution in [2.75, 3.05) is 0 Å². The van der Waals surface area contributed by atoms with Crippen LogP contribution in [0.3, 0.4) is 0 Å². The predicted molar refractivity (Wildman–Crippen MR) is 175 cm³/mol. The highest BCUT2D eigenvalue weighted by Crippen LogP contribution is 2.59. The van der Waals surface area contributed by atoms with Gasteiger partial charge in [0.1, 0.15) is 18.1 Å². The summed E-state index contributed by atoms with van der Waals surface area (Å²) in [6, 6.07) is 14.2. The van der Waals surface area contributed by atoms with Gasteiger partial charge in [-0.2, -0.15) is 5.10 Å². The van der Waals surface area contributed by atoms with E-state index in [4.69, 9.17) is 0 Å². The summed E-state index contributed by atoms with van der Waals surface area (Å²) in [6.45, 7) is 7.49. The molecular weight excluding hydrogens is 562 g/mol. The van der Waals surface area contributed by atoms with E-state index in [-0.39, 0.29) is 41.5 Å². The fourth-order valence-electron chi connectivity index (χ4n) is 7.20. The van der Waals surface area contributed by atoms with Gasteiger partial charge in [-0.3, -0.25) is 19.1 Å². The highest BCUT2D eigenvalue weighted by molar-refractivity contribution is 6.07. The van der Waals surface area contributed by atoms with Crippen molar-refractivity contribution >= 4 is 28.4 Å². The zero-order valence-electron chi connectivity index (χ0n) is 26.9. The lowest BCUT2D eigenvalue weighted by molar-refractivity contribution is -0.139. The van der Waals surface area contributed by atoms with Crippen LogP contribution in [0.25, 0.3) is 22.0 Å². The van der Waals surface area contributed by atoms with Gasteiger partial charge >= 0.3 is 0 Å². The summed E-state index contributed by atoms with van der Waals surface area (Å²) in [7, 11) is 0. The van der Waals surface area contributed by atoms with Gasteiger partial charge in [0, 0.05) is 42.7 Å². The third-order valence-electron chi connectivity index (χ3n) is 9.79. The standard InChI is InChI=1S/C37H43N5O3/c1-24-17-28(29-21-38-26(3)39-22-29)18-30-35(25(2)43)40-41(36(24)30)23-34(45)42-31(19-37(4)20-33(37)42)32(44)16-12-7-5-6-9-13-27-14-10-8-11-15-27/h8,10-11,14-15,17-18,21-22,31,33H,5-7,9,12-13,16,19-20,23H2,1-4H3/t31-,33+,37-/m0/s1. The Balaban J connectivity index is 1.12. The van der Waals surface area contributed by atoms with Crippen LogP contribution >= 0.6 is 0 Å². The minimum Gasteiger partial charge on any atom is -0.327 e. The van der Waals surface area contributed by atoms with E-state index < -0.39 is 0 Å². The molecule has 0 bridgehead atoms. The van der Waals surface area contributed by atoms with Crippen molar-refractivity contribution in [2.24, 2.45) is 5.41 Å². The summed E-state index contributed by atoms with van der Waals surface area (Å²) in [5, 5.41) is 5.35. The SMILES string of the molecule is CC(=O)c1nn(CC(=O)N2[C@H](C(=O)CCCCCCCc3ccccc3)C[C@@]3(C)C[C@@H]23)c2c(C)cc(-c3cnc(C)nc3)cc12. The summed E-state index contributed by atoms with van der Waals surface area (Å²) in [6.07, 6.45) is 12.2. The highest BCUT2D eigenvalue weighted by atomic mass is 16.2. The van der Waals surface area contributed by atoms with E-state index in [0.29, 0.717) is 23.3 Å². The average Bonchev–Trinajstić information content (AvgIpc) is 3.37. The van der Waals surface area contributed by atoms with Gasteiger partial charge in [-0.05, 0) is 80.2 Å². The Labute approximate surface area is 265 Å². The minimum atomic E-state index is -0.373. The number of benzene rings is 2. The second-order valence-corrected chi connectivity index (χ2v) is 13.4. The Morgan fingerprint density at radius 2 is 1.62 bits per heavy atom. The van der Waals surface area contributed by atoms with Gasteiger partial charge in [0.25, 0.3) is 0 Å². The number of nitrogens with zero attached hydrogens (tertiary/aromatic N) is 5. The van der Waals surface area contributed by atoms with Gasteiger partial charge in [0.15, 0.2) is 11.6 Å². The molecule has 1 aliphatic heterocycles. The van der Waals surface area contributed by atoms with Gasteiger partial charge < -0.3 is 4.90 Å².